The van der Waals surface area contributed by atoms with Crippen LogP contribution in [-0.4, -0.2) is 55.9 Å². The van der Waals surface area contributed by atoms with Gasteiger partial charge in [0.15, 0.2) is 0 Å². The quantitative estimate of drug-likeness (QED) is 0.203. The summed E-state index contributed by atoms with van der Waals surface area (Å²) >= 11 is 3.41. The Labute approximate surface area is 210 Å². The third kappa shape index (κ3) is 4.53. The molecule has 3 heterocycles. The van der Waals surface area contributed by atoms with E-state index < -0.39 is 23.7 Å². The van der Waals surface area contributed by atoms with Crippen LogP contribution in [0.2, 0.25) is 0 Å². The predicted molar refractivity (Wildman–Crippen MR) is 132 cm³/mol. The fourth-order valence-corrected chi connectivity index (χ4v) is 4.76. The fourth-order valence-electron chi connectivity index (χ4n) is 4.49. The molecule has 10 heteroatoms. The number of aliphatic hydroxyl groups is 1. The van der Waals surface area contributed by atoms with Crippen LogP contribution in [0, 0.1) is 13.8 Å². The molecule has 1 aliphatic heterocycles. The molecule has 182 valence electrons. The Kier molecular flexibility index (Phi) is 6.93. The molecule has 1 saturated heterocycles. The third-order valence-corrected chi connectivity index (χ3v) is 6.69. The van der Waals surface area contributed by atoms with Gasteiger partial charge >= 0.3 is 5.97 Å². The van der Waals surface area contributed by atoms with Gasteiger partial charge in [-0.1, -0.05) is 28.1 Å². The number of amides is 1. The van der Waals surface area contributed by atoms with Crippen LogP contribution in [0.4, 0.5) is 0 Å². The van der Waals surface area contributed by atoms with Crippen molar-refractivity contribution in [3.63, 3.8) is 0 Å². The Morgan fingerprint density at radius 2 is 1.91 bits per heavy atom. The molecule has 3 aromatic rings. The van der Waals surface area contributed by atoms with E-state index >= 15 is 0 Å². The number of rotatable bonds is 7. The molecule has 0 bridgehead atoms. The molecule has 1 fully saturated rings. The van der Waals surface area contributed by atoms with Gasteiger partial charge in [0.1, 0.15) is 11.5 Å². The van der Waals surface area contributed by atoms with Crippen LogP contribution >= 0.6 is 15.9 Å². The maximum absolute atomic E-state index is 13.3. The summed E-state index contributed by atoms with van der Waals surface area (Å²) < 4.78 is 7.56. The van der Waals surface area contributed by atoms with E-state index in [4.69, 9.17) is 4.74 Å². The highest BCUT2D eigenvalue weighted by Crippen LogP contribution is 2.41. The summed E-state index contributed by atoms with van der Waals surface area (Å²) in [4.78, 5) is 47.0. The number of imidazole rings is 1. The number of aliphatic hydroxyl groups excluding tert-OH is 1. The molecule has 0 aliphatic carbocycles. The number of ketones is 1. The Morgan fingerprint density at radius 3 is 2.54 bits per heavy atom. The zero-order valence-corrected chi connectivity index (χ0v) is 21.1. The number of Topliss-reactive ketones (excluding diaryl/α,β-unsaturated/α-hetero) is 1. The number of carbonyl (C=O) groups excluding carboxylic acids is 3. The Hall–Kier alpha value is -3.66. The summed E-state index contributed by atoms with van der Waals surface area (Å²) in [5.74, 6) is -2.36. The van der Waals surface area contributed by atoms with Gasteiger partial charge < -0.3 is 24.3 Å². The molecule has 4 rings (SSSR count). The van der Waals surface area contributed by atoms with Crippen molar-refractivity contribution in [1.82, 2.24) is 19.4 Å². The molecule has 9 nitrogen and oxygen atoms in total. The van der Waals surface area contributed by atoms with E-state index in [1.807, 2.05) is 35.0 Å². The number of esters is 1. The average Bonchev–Trinajstić information content (AvgIpc) is 3.52. The first-order valence-corrected chi connectivity index (χ1v) is 11.8. The molecule has 2 N–H and O–H groups in total. The van der Waals surface area contributed by atoms with E-state index in [0.29, 0.717) is 41.9 Å². The number of methoxy groups -OCH3 is 1. The SMILES string of the molecule is COC(=O)c1[nH]c(C)c(C(O)=C2C(=O)C(=O)N(CCCn3ccnc3)[C@H]2c2ccc(Br)cc2)c1C. The number of ether oxygens (including phenoxy) is 1. The molecule has 1 atom stereocenters. The van der Waals surface area contributed by atoms with Gasteiger partial charge in [0.05, 0.1) is 25.1 Å². The van der Waals surface area contributed by atoms with Gasteiger partial charge in [0.25, 0.3) is 11.7 Å². The lowest BCUT2D eigenvalue weighted by Gasteiger charge is -2.25. The molecule has 35 heavy (non-hydrogen) atoms. The van der Waals surface area contributed by atoms with Gasteiger partial charge in [0.2, 0.25) is 0 Å². The fraction of sp³-hybridized carbons (Fsp3) is 0.280. The Balaban J connectivity index is 1.79. The number of nitrogens with one attached hydrogen (secondary N) is 1. The van der Waals surface area contributed by atoms with Crippen molar-refractivity contribution in [2.24, 2.45) is 0 Å². The van der Waals surface area contributed by atoms with Crippen molar-refractivity contribution in [3.8, 4) is 0 Å². The first-order valence-electron chi connectivity index (χ1n) is 11.0. The number of aromatic amines is 1. The Bertz CT molecular complexity index is 1310. The van der Waals surface area contributed by atoms with Crippen LogP contribution < -0.4 is 0 Å². The average molecular weight is 541 g/mol. The monoisotopic (exact) mass is 540 g/mol. The second-order valence-corrected chi connectivity index (χ2v) is 9.23. The van der Waals surface area contributed by atoms with Crippen LogP contribution in [0.3, 0.4) is 0 Å². The van der Waals surface area contributed by atoms with Crippen molar-refractivity contribution < 1.29 is 24.2 Å². The van der Waals surface area contributed by atoms with E-state index in [1.165, 1.54) is 12.0 Å². The van der Waals surface area contributed by atoms with Gasteiger partial charge in [-0.2, -0.15) is 0 Å². The maximum atomic E-state index is 13.3. The number of hydrogen-bond donors (Lipinski definition) is 2. The molecule has 0 radical (unpaired) electrons. The predicted octanol–water partition coefficient (Wildman–Crippen LogP) is 3.89. The van der Waals surface area contributed by atoms with Crippen LogP contribution in [0.25, 0.3) is 5.76 Å². The second-order valence-electron chi connectivity index (χ2n) is 8.31. The standard InChI is InChI=1S/C25H25BrN4O5/c1-14-18(15(2)28-20(14)25(34)35-3)22(31)19-21(16-5-7-17(26)8-6-16)30(24(33)23(19)32)11-4-10-29-12-9-27-13-29/h5-9,12-13,21,28,31H,4,10-11H2,1-3H3/t21-/m0/s1. The number of likely N-dealkylation sites (tertiary alicyclic amines) is 1. The molecular formula is C25H25BrN4O5. The van der Waals surface area contributed by atoms with E-state index in [9.17, 15) is 19.5 Å². The minimum Gasteiger partial charge on any atom is -0.507 e. The van der Waals surface area contributed by atoms with Crippen molar-refractivity contribution in [2.75, 3.05) is 13.7 Å². The smallest absolute Gasteiger partial charge is 0.354 e. The molecule has 0 spiro atoms. The largest absolute Gasteiger partial charge is 0.507 e. The number of aromatic nitrogens is 3. The number of carbonyl (C=O) groups is 3. The summed E-state index contributed by atoms with van der Waals surface area (Å²) in [5.41, 5.74) is 2.09. The van der Waals surface area contributed by atoms with Gasteiger partial charge in [-0.05, 0) is 43.5 Å². The minimum absolute atomic E-state index is 0.0124. The van der Waals surface area contributed by atoms with Crippen LogP contribution in [0.1, 0.15) is 45.3 Å². The van der Waals surface area contributed by atoms with Crippen LogP contribution in [-0.2, 0) is 20.9 Å². The molecule has 2 aromatic heterocycles. The van der Waals surface area contributed by atoms with Crippen molar-refractivity contribution in [1.29, 1.82) is 0 Å². The molecule has 0 unspecified atom stereocenters. The number of halogens is 1. The van der Waals surface area contributed by atoms with E-state index in [-0.39, 0.29) is 17.0 Å². The highest BCUT2D eigenvalue weighted by molar-refractivity contribution is 9.10. The number of nitrogens with zero attached hydrogens (tertiary/aromatic N) is 3. The normalized spacial score (nSPS) is 17.3. The summed E-state index contributed by atoms with van der Waals surface area (Å²) in [6.07, 6.45) is 5.79. The van der Waals surface area contributed by atoms with Gasteiger partial charge in [0, 0.05) is 41.2 Å². The first-order chi connectivity index (χ1) is 16.7. The van der Waals surface area contributed by atoms with Crippen LogP contribution in [0.15, 0.2) is 53.0 Å². The lowest BCUT2D eigenvalue weighted by molar-refractivity contribution is -0.139. The van der Waals surface area contributed by atoms with Gasteiger partial charge in [-0.25, -0.2) is 9.78 Å². The highest BCUT2D eigenvalue weighted by atomic mass is 79.9. The molecule has 0 saturated carbocycles. The molecule has 1 aliphatic rings. The Morgan fingerprint density at radius 1 is 1.20 bits per heavy atom. The molecular weight excluding hydrogens is 516 g/mol. The highest BCUT2D eigenvalue weighted by Gasteiger charge is 2.46. The van der Waals surface area contributed by atoms with E-state index in [2.05, 4.69) is 25.9 Å². The number of H-pyrrole nitrogens is 1. The first kappa shape index (κ1) is 24.5. The summed E-state index contributed by atoms with van der Waals surface area (Å²) in [6.45, 7) is 4.26. The van der Waals surface area contributed by atoms with Crippen molar-refractivity contribution >= 4 is 39.3 Å². The molecule has 1 aromatic carbocycles. The summed E-state index contributed by atoms with van der Waals surface area (Å²) in [7, 11) is 1.26. The lowest BCUT2D eigenvalue weighted by atomic mass is 9.94. The maximum Gasteiger partial charge on any atom is 0.354 e. The number of aryl methyl sites for hydroxylation is 2. The topological polar surface area (TPSA) is 118 Å². The number of benzene rings is 1. The lowest BCUT2D eigenvalue weighted by Crippen LogP contribution is -2.31. The zero-order chi connectivity index (χ0) is 25.3. The van der Waals surface area contributed by atoms with E-state index in [0.717, 1.165) is 4.47 Å². The van der Waals surface area contributed by atoms with E-state index in [1.54, 1.807) is 26.4 Å². The van der Waals surface area contributed by atoms with Crippen molar-refractivity contribution in [2.45, 2.75) is 32.9 Å². The van der Waals surface area contributed by atoms with Crippen LogP contribution in [0.5, 0.6) is 0 Å². The second kappa shape index (κ2) is 9.91. The summed E-state index contributed by atoms with van der Waals surface area (Å²) in [6, 6.07) is 6.49. The zero-order valence-electron chi connectivity index (χ0n) is 19.5. The summed E-state index contributed by atoms with van der Waals surface area (Å²) in [5, 5.41) is 11.4. The molecule has 1 amide bonds. The third-order valence-electron chi connectivity index (χ3n) is 6.16. The minimum atomic E-state index is -0.777. The van der Waals surface area contributed by atoms with Gasteiger partial charge in [-0.3, -0.25) is 9.59 Å². The number of hydrogen-bond acceptors (Lipinski definition) is 6. The van der Waals surface area contributed by atoms with Gasteiger partial charge in [-0.15, -0.1) is 0 Å². The van der Waals surface area contributed by atoms with Crippen molar-refractivity contribution in [3.05, 3.63) is 81.1 Å².